The van der Waals surface area contributed by atoms with Crippen molar-refractivity contribution in [1.82, 2.24) is 0 Å². The minimum atomic E-state index is -0.835. The highest BCUT2D eigenvalue weighted by Gasteiger charge is 2.19. The Hall–Kier alpha value is -4.27. The SMILES string of the molecule is Cc1c(F)cc(C(=O)Nc2ccc(NC(=O)Nc3ccccc3)cc2)cc1[N+](=O)[O-]. The van der Waals surface area contributed by atoms with Crippen LogP contribution in [0.2, 0.25) is 0 Å². The van der Waals surface area contributed by atoms with Crippen LogP contribution in [0.15, 0.2) is 66.7 Å². The van der Waals surface area contributed by atoms with Gasteiger partial charge in [-0.3, -0.25) is 14.9 Å². The quantitative estimate of drug-likeness (QED) is 0.410. The number of carbonyl (C=O) groups excluding carboxylic acids is 2. The molecule has 0 aliphatic rings. The number of rotatable bonds is 5. The summed E-state index contributed by atoms with van der Waals surface area (Å²) >= 11 is 0. The lowest BCUT2D eigenvalue weighted by atomic mass is 10.1. The molecule has 0 unspecified atom stereocenters. The first kappa shape index (κ1) is 20.5. The van der Waals surface area contributed by atoms with Crippen molar-refractivity contribution in [3.63, 3.8) is 0 Å². The number of nitro groups is 1. The van der Waals surface area contributed by atoms with Crippen molar-refractivity contribution in [1.29, 1.82) is 0 Å². The van der Waals surface area contributed by atoms with Crippen molar-refractivity contribution in [3.05, 3.63) is 93.8 Å². The molecule has 152 valence electrons. The van der Waals surface area contributed by atoms with E-state index in [4.69, 9.17) is 0 Å². The maximum absolute atomic E-state index is 13.9. The molecule has 0 radical (unpaired) electrons. The van der Waals surface area contributed by atoms with Crippen molar-refractivity contribution in [2.24, 2.45) is 0 Å². The summed E-state index contributed by atoms with van der Waals surface area (Å²) in [5, 5.41) is 18.9. The lowest BCUT2D eigenvalue weighted by molar-refractivity contribution is -0.385. The first-order chi connectivity index (χ1) is 14.3. The molecule has 30 heavy (non-hydrogen) atoms. The summed E-state index contributed by atoms with van der Waals surface area (Å²) in [4.78, 5) is 34.6. The van der Waals surface area contributed by atoms with Crippen LogP contribution in [-0.2, 0) is 0 Å². The van der Waals surface area contributed by atoms with Crippen LogP contribution in [0.3, 0.4) is 0 Å². The molecular weight excluding hydrogens is 391 g/mol. The van der Waals surface area contributed by atoms with E-state index in [1.807, 2.05) is 6.07 Å². The molecule has 0 aliphatic carbocycles. The molecule has 3 rings (SSSR count). The Morgan fingerprint density at radius 3 is 1.97 bits per heavy atom. The molecule has 0 fully saturated rings. The highest BCUT2D eigenvalue weighted by atomic mass is 19.1. The van der Waals surface area contributed by atoms with E-state index in [0.717, 1.165) is 12.1 Å². The second-order valence-corrected chi connectivity index (χ2v) is 6.34. The van der Waals surface area contributed by atoms with E-state index < -0.39 is 28.4 Å². The van der Waals surface area contributed by atoms with Crippen LogP contribution in [0.4, 0.5) is 31.9 Å². The number of hydrogen-bond acceptors (Lipinski definition) is 4. The lowest BCUT2D eigenvalue weighted by Crippen LogP contribution is -2.19. The van der Waals surface area contributed by atoms with Gasteiger partial charge in [0.05, 0.1) is 10.5 Å². The number of para-hydroxylation sites is 1. The number of anilines is 3. The zero-order chi connectivity index (χ0) is 21.7. The highest BCUT2D eigenvalue weighted by molar-refractivity contribution is 6.05. The maximum atomic E-state index is 13.9. The summed E-state index contributed by atoms with van der Waals surface area (Å²) in [5.41, 5.74) is 0.716. The normalized spacial score (nSPS) is 10.2. The Morgan fingerprint density at radius 1 is 0.867 bits per heavy atom. The summed E-state index contributed by atoms with van der Waals surface area (Å²) in [5.74, 6) is -1.53. The van der Waals surface area contributed by atoms with Gasteiger partial charge in [-0.15, -0.1) is 0 Å². The van der Waals surface area contributed by atoms with Crippen molar-refractivity contribution in [2.75, 3.05) is 16.0 Å². The molecule has 3 aromatic carbocycles. The third-order valence-electron chi connectivity index (χ3n) is 4.21. The van der Waals surface area contributed by atoms with Gasteiger partial charge >= 0.3 is 6.03 Å². The first-order valence-electron chi connectivity index (χ1n) is 8.82. The molecule has 3 amide bonds. The maximum Gasteiger partial charge on any atom is 0.323 e. The molecule has 0 aliphatic heterocycles. The van der Waals surface area contributed by atoms with Gasteiger partial charge in [0.15, 0.2) is 0 Å². The van der Waals surface area contributed by atoms with Gasteiger partial charge in [0, 0.05) is 28.7 Å². The minimum absolute atomic E-state index is 0.138. The summed E-state index contributed by atoms with van der Waals surface area (Å²) in [6.07, 6.45) is 0. The second kappa shape index (κ2) is 8.82. The number of nitrogens with zero attached hydrogens (tertiary/aromatic N) is 1. The fourth-order valence-electron chi connectivity index (χ4n) is 2.64. The van der Waals surface area contributed by atoms with Crippen LogP contribution >= 0.6 is 0 Å². The van der Waals surface area contributed by atoms with Gasteiger partial charge < -0.3 is 16.0 Å². The van der Waals surface area contributed by atoms with Gasteiger partial charge in [-0.05, 0) is 49.4 Å². The number of carbonyl (C=O) groups is 2. The van der Waals surface area contributed by atoms with Crippen molar-refractivity contribution in [3.8, 4) is 0 Å². The van der Waals surface area contributed by atoms with E-state index >= 15 is 0 Å². The Balaban J connectivity index is 1.65. The zero-order valence-electron chi connectivity index (χ0n) is 15.8. The van der Waals surface area contributed by atoms with E-state index in [0.29, 0.717) is 17.1 Å². The van der Waals surface area contributed by atoms with Crippen molar-refractivity contribution in [2.45, 2.75) is 6.92 Å². The molecule has 0 heterocycles. The van der Waals surface area contributed by atoms with E-state index in [9.17, 15) is 24.1 Å². The van der Waals surface area contributed by atoms with Gasteiger partial charge in [-0.2, -0.15) is 0 Å². The average Bonchev–Trinajstić information content (AvgIpc) is 2.71. The van der Waals surface area contributed by atoms with E-state index in [2.05, 4.69) is 16.0 Å². The summed E-state index contributed by atoms with van der Waals surface area (Å²) in [7, 11) is 0. The fourth-order valence-corrected chi connectivity index (χ4v) is 2.64. The standard InChI is InChI=1S/C21H17FN4O4/c1-13-18(22)11-14(12-19(13)26(29)30)20(27)23-16-7-9-17(10-8-16)25-21(28)24-15-5-3-2-4-6-15/h2-12H,1H3,(H,23,27)(H2,24,25,28). The van der Waals surface area contributed by atoms with Crippen LogP contribution < -0.4 is 16.0 Å². The Labute approximate surface area is 170 Å². The van der Waals surface area contributed by atoms with Gasteiger partial charge in [-0.25, -0.2) is 9.18 Å². The third-order valence-corrected chi connectivity index (χ3v) is 4.21. The number of benzene rings is 3. The monoisotopic (exact) mass is 408 g/mol. The Morgan fingerprint density at radius 2 is 1.40 bits per heavy atom. The summed E-state index contributed by atoms with van der Waals surface area (Å²) < 4.78 is 13.9. The van der Waals surface area contributed by atoms with Crippen LogP contribution in [0, 0.1) is 22.9 Å². The lowest BCUT2D eigenvalue weighted by Gasteiger charge is -2.10. The number of nitrogens with one attached hydrogen (secondary N) is 3. The van der Waals surface area contributed by atoms with Crippen LogP contribution in [-0.4, -0.2) is 16.9 Å². The number of amides is 3. The second-order valence-electron chi connectivity index (χ2n) is 6.34. The molecule has 9 heteroatoms. The zero-order valence-corrected chi connectivity index (χ0v) is 15.8. The van der Waals surface area contributed by atoms with Crippen LogP contribution in [0.5, 0.6) is 0 Å². The first-order valence-corrected chi connectivity index (χ1v) is 8.82. The van der Waals surface area contributed by atoms with Gasteiger partial charge in [0.2, 0.25) is 0 Å². The van der Waals surface area contributed by atoms with Crippen molar-refractivity contribution < 1.29 is 18.9 Å². The van der Waals surface area contributed by atoms with Crippen LogP contribution in [0.25, 0.3) is 0 Å². The molecule has 0 saturated heterocycles. The molecule has 0 bridgehead atoms. The fraction of sp³-hybridized carbons (Fsp3) is 0.0476. The largest absolute Gasteiger partial charge is 0.323 e. The molecule has 0 spiro atoms. The molecule has 3 N–H and O–H groups in total. The van der Waals surface area contributed by atoms with Gasteiger partial charge in [0.25, 0.3) is 11.6 Å². The molecule has 0 atom stereocenters. The number of halogens is 1. The van der Waals surface area contributed by atoms with E-state index in [-0.39, 0.29) is 11.1 Å². The summed E-state index contributed by atoms with van der Waals surface area (Å²) in [6.45, 7) is 1.27. The van der Waals surface area contributed by atoms with E-state index in [1.54, 1.807) is 36.4 Å². The average molecular weight is 408 g/mol. The molecule has 0 aromatic heterocycles. The molecule has 0 saturated carbocycles. The Kier molecular flexibility index (Phi) is 6.02. The topological polar surface area (TPSA) is 113 Å². The van der Waals surface area contributed by atoms with Crippen LogP contribution in [0.1, 0.15) is 15.9 Å². The third kappa shape index (κ3) is 4.96. The smallest absolute Gasteiger partial charge is 0.322 e. The number of hydrogen-bond donors (Lipinski definition) is 3. The van der Waals surface area contributed by atoms with Crippen molar-refractivity contribution >= 4 is 34.7 Å². The predicted octanol–water partition coefficient (Wildman–Crippen LogP) is 4.94. The highest BCUT2D eigenvalue weighted by Crippen LogP contribution is 2.24. The number of urea groups is 1. The summed E-state index contributed by atoms with van der Waals surface area (Å²) in [6, 6.07) is 16.7. The van der Waals surface area contributed by atoms with E-state index in [1.165, 1.54) is 19.1 Å². The number of nitro benzene ring substituents is 1. The molecular formula is C21H17FN4O4. The predicted molar refractivity (Wildman–Crippen MR) is 111 cm³/mol. The Bertz CT molecular complexity index is 1100. The molecule has 3 aromatic rings. The minimum Gasteiger partial charge on any atom is -0.322 e. The van der Waals surface area contributed by atoms with Gasteiger partial charge in [0.1, 0.15) is 5.82 Å². The molecule has 8 nitrogen and oxygen atoms in total. The van der Waals surface area contributed by atoms with Gasteiger partial charge in [-0.1, -0.05) is 18.2 Å².